The van der Waals surface area contributed by atoms with Crippen molar-refractivity contribution in [1.29, 1.82) is 0 Å². The minimum Gasteiger partial charge on any atom is -0.478 e. The van der Waals surface area contributed by atoms with Gasteiger partial charge < -0.3 is 20.1 Å². The smallest absolute Gasteiger partial charge is 0.337 e. The Morgan fingerprint density at radius 2 is 2.14 bits per heavy atom. The molecule has 0 spiro atoms. The average molecular weight is 314 g/mol. The molecule has 1 saturated heterocycles. The Kier molecular flexibility index (Phi) is 5.35. The number of ether oxygens (including phenoxy) is 1. The molecule has 7 nitrogen and oxygen atoms in total. The number of halogens is 1. The molecule has 0 atom stereocenters. The van der Waals surface area contributed by atoms with Crippen molar-refractivity contribution < 1.29 is 19.4 Å². The number of carboxylic acid groups (broad SMARTS) is 1. The number of anilines is 1. The van der Waals surface area contributed by atoms with Gasteiger partial charge in [-0.15, -0.1) is 0 Å². The Bertz CT molecular complexity index is 532. The molecule has 114 valence electrons. The first-order chi connectivity index (χ1) is 10.1. The quantitative estimate of drug-likeness (QED) is 0.845. The van der Waals surface area contributed by atoms with Crippen molar-refractivity contribution >= 4 is 29.3 Å². The maximum absolute atomic E-state index is 11.9. The summed E-state index contributed by atoms with van der Waals surface area (Å²) in [5.41, 5.74) is 0.0231. The van der Waals surface area contributed by atoms with Gasteiger partial charge in [-0.2, -0.15) is 0 Å². The lowest BCUT2D eigenvalue weighted by atomic mass is 10.3. The molecule has 1 fully saturated rings. The number of carbonyl (C=O) groups is 2. The van der Waals surface area contributed by atoms with E-state index in [1.165, 1.54) is 12.3 Å². The van der Waals surface area contributed by atoms with Gasteiger partial charge >= 0.3 is 5.97 Å². The van der Waals surface area contributed by atoms with Crippen LogP contribution >= 0.6 is 11.6 Å². The molecule has 1 aliphatic rings. The Morgan fingerprint density at radius 1 is 1.43 bits per heavy atom. The molecular formula is C13H16ClN3O4. The maximum Gasteiger partial charge on any atom is 0.337 e. The summed E-state index contributed by atoms with van der Waals surface area (Å²) < 4.78 is 5.18. The number of amides is 1. The molecule has 1 aromatic rings. The van der Waals surface area contributed by atoms with Crippen LogP contribution in [0.4, 0.5) is 5.82 Å². The molecule has 21 heavy (non-hydrogen) atoms. The number of morpholine rings is 1. The van der Waals surface area contributed by atoms with Crippen LogP contribution in [-0.2, 0) is 9.53 Å². The molecule has 1 amide bonds. The molecule has 0 radical (unpaired) electrons. The lowest BCUT2D eigenvalue weighted by Gasteiger charge is -2.26. The lowest BCUT2D eigenvalue weighted by Crippen LogP contribution is -2.41. The second-order valence-corrected chi connectivity index (χ2v) is 4.94. The maximum atomic E-state index is 11.9. The van der Waals surface area contributed by atoms with Gasteiger partial charge in [-0.05, 0) is 6.07 Å². The second-order valence-electron chi connectivity index (χ2n) is 4.53. The third kappa shape index (κ3) is 4.30. The molecule has 0 saturated carbocycles. The normalized spacial score (nSPS) is 14.8. The lowest BCUT2D eigenvalue weighted by molar-refractivity contribution is -0.134. The van der Waals surface area contributed by atoms with E-state index < -0.39 is 5.97 Å². The fraction of sp³-hybridized carbons (Fsp3) is 0.462. The number of aromatic carboxylic acids is 1. The van der Waals surface area contributed by atoms with Gasteiger partial charge in [-0.3, -0.25) is 4.79 Å². The first-order valence-corrected chi connectivity index (χ1v) is 6.94. The van der Waals surface area contributed by atoms with Crippen LogP contribution in [0.25, 0.3) is 0 Å². The van der Waals surface area contributed by atoms with Gasteiger partial charge in [0.2, 0.25) is 5.91 Å². The number of rotatable bonds is 5. The van der Waals surface area contributed by atoms with Crippen LogP contribution in [0.5, 0.6) is 0 Å². The van der Waals surface area contributed by atoms with Crippen LogP contribution in [0.3, 0.4) is 0 Å². The van der Waals surface area contributed by atoms with Crippen LogP contribution in [0.1, 0.15) is 16.8 Å². The highest BCUT2D eigenvalue weighted by Gasteiger charge is 2.16. The van der Waals surface area contributed by atoms with Crippen LogP contribution in [0.15, 0.2) is 12.3 Å². The summed E-state index contributed by atoms with van der Waals surface area (Å²) in [6, 6.07) is 1.32. The molecule has 1 aromatic heterocycles. The standard InChI is InChI=1S/C13H16ClN3O4/c14-10-7-9(13(19)20)8-16-12(10)15-2-1-11(18)17-3-5-21-6-4-17/h7-8H,1-6H2,(H,15,16)(H,19,20). The van der Waals surface area contributed by atoms with E-state index in [0.717, 1.165) is 0 Å². The first-order valence-electron chi connectivity index (χ1n) is 6.56. The summed E-state index contributed by atoms with van der Waals surface area (Å²) in [6.07, 6.45) is 1.54. The van der Waals surface area contributed by atoms with E-state index >= 15 is 0 Å². The van der Waals surface area contributed by atoms with E-state index in [9.17, 15) is 9.59 Å². The van der Waals surface area contributed by atoms with Crippen molar-refractivity contribution in [3.05, 3.63) is 22.8 Å². The van der Waals surface area contributed by atoms with Crippen molar-refractivity contribution in [2.45, 2.75) is 6.42 Å². The van der Waals surface area contributed by atoms with Crippen molar-refractivity contribution in [2.24, 2.45) is 0 Å². The van der Waals surface area contributed by atoms with Gasteiger partial charge in [0.05, 0.1) is 23.8 Å². The Labute approximate surface area is 126 Å². The molecular weight excluding hydrogens is 298 g/mol. The predicted octanol–water partition coefficient (Wildman–Crippen LogP) is 1.09. The Hall–Kier alpha value is -1.86. The van der Waals surface area contributed by atoms with E-state index in [1.54, 1.807) is 4.90 Å². The van der Waals surface area contributed by atoms with E-state index in [4.69, 9.17) is 21.4 Å². The number of hydrogen-bond acceptors (Lipinski definition) is 5. The van der Waals surface area contributed by atoms with Gasteiger partial charge in [0.25, 0.3) is 0 Å². The fourth-order valence-corrected chi connectivity index (χ4v) is 2.18. The number of aromatic nitrogens is 1. The number of carbonyl (C=O) groups excluding carboxylic acids is 1. The van der Waals surface area contributed by atoms with E-state index in [-0.39, 0.29) is 16.5 Å². The topological polar surface area (TPSA) is 91.8 Å². The highest BCUT2D eigenvalue weighted by Crippen LogP contribution is 2.20. The van der Waals surface area contributed by atoms with Crippen LogP contribution < -0.4 is 5.32 Å². The van der Waals surface area contributed by atoms with E-state index in [2.05, 4.69) is 10.3 Å². The van der Waals surface area contributed by atoms with Gasteiger partial charge in [-0.25, -0.2) is 9.78 Å². The van der Waals surface area contributed by atoms with E-state index in [0.29, 0.717) is 45.1 Å². The zero-order valence-electron chi connectivity index (χ0n) is 11.3. The molecule has 2 N–H and O–H groups in total. The summed E-state index contributed by atoms with van der Waals surface area (Å²) >= 11 is 5.94. The molecule has 1 aliphatic heterocycles. The van der Waals surface area contributed by atoms with Gasteiger partial charge in [0.1, 0.15) is 5.82 Å². The number of pyridine rings is 1. The largest absolute Gasteiger partial charge is 0.478 e. The highest BCUT2D eigenvalue weighted by molar-refractivity contribution is 6.33. The van der Waals surface area contributed by atoms with Gasteiger partial charge in [0.15, 0.2) is 0 Å². The zero-order chi connectivity index (χ0) is 15.2. The monoisotopic (exact) mass is 313 g/mol. The summed E-state index contributed by atoms with van der Waals surface area (Å²) in [7, 11) is 0. The minimum absolute atomic E-state index is 0.0231. The molecule has 0 aromatic carbocycles. The molecule has 8 heteroatoms. The van der Waals surface area contributed by atoms with Crippen molar-refractivity contribution in [3.8, 4) is 0 Å². The molecule has 0 bridgehead atoms. The van der Waals surface area contributed by atoms with Crippen molar-refractivity contribution in [2.75, 3.05) is 38.2 Å². The molecule has 0 unspecified atom stereocenters. The predicted molar refractivity (Wildman–Crippen MR) is 76.7 cm³/mol. The summed E-state index contributed by atoms with van der Waals surface area (Å²) in [5.74, 6) is -0.668. The molecule has 0 aliphatic carbocycles. The molecule has 2 rings (SSSR count). The third-order valence-electron chi connectivity index (χ3n) is 3.08. The Morgan fingerprint density at radius 3 is 2.76 bits per heavy atom. The van der Waals surface area contributed by atoms with Crippen LogP contribution in [0.2, 0.25) is 5.02 Å². The Balaban J connectivity index is 1.83. The van der Waals surface area contributed by atoms with Gasteiger partial charge in [-0.1, -0.05) is 11.6 Å². The number of nitrogens with zero attached hydrogens (tertiary/aromatic N) is 2. The summed E-state index contributed by atoms with van der Waals surface area (Å²) in [4.78, 5) is 28.4. The summed E-state index contributed by atoms with van der Waals surface area (Å²) in [6.45, 7) is 2.76. The zero-order valence-corrected chi connectivity index (χ0v) is 12.1. The van der Waals surface area contributed by atoms with Crippen LogP contribution in [0, 0.1) is 0 Å². The van der Waals surface area contributed by atoms with Crippen molar-refractivity contribution in [3.63, 3.8) is 0 Å². The summed E-state index contributed by atoms with van der Waals surface area (Å²) in [5, 5.41) is 12.0. The minimum atomic E-state index is -1.08. The fourth-order valence-electron chi connectivity index (χ4n) is 1.94. The van der Waals surface area contributed by atoms with Crippen molar-refractivity contribution in [1.82, 2.24) is 9.88 Å². The van der Waals surface area contributed by atoms with E-state index in [1.807, 2.05) is 0 Å². The second kappa shape index (κ2) is 7.24. The first kappa shape index (κ1) is 15.5. The average Bonchev–Trinajstić information content (AvgIpc) is 2.49. The number of nitrogens with one attached hydrogen (secondary N) is 1. The van der Waals surface area contributed by atoms with Gasteiger partial charge in [0, 0.05) is 32.3 Å². The number of hydrogen-bond donors (Lipinski definition) is 2. The third-order valence-corrected chi connectivity index (χ3v) is 3.37. The highest BCUT2D eigenvalue weighted by atomic mass is 35.5. The molecule has 2 heterocycles. The SMILES string of the molecule is O=C(O)c1cnc(NCCC(=O)N2CCOCC2)c(Cl)c1. The van der Waals surface area contributed by atoms with Crippen LogP contribution in [-0.4, -0.2) is 59.7 Å². The number of carboxylic acids is 1.